The third-order valence-electron chi connectivity index (χ3n) is 4.18. The smallest absolute Gasteiger partial charge is 0.155 e. The lowest BCUT2D eigenvalue weighted by Crippen LogP contribution is -2.54. The molecule has 2 atom stereocenters. The molecule has 1 heterocycles. The van der Waals surface area contributed by atoms with Crippen molar-refractivity contribution in [3.05, 3.63) is 0 Å². The molecule has 0 aromatic rings. The summed E-state index contributed by atoms with van der Waals surface area (Å²) in [7, 11) is 0. The molecule has 0 radical (unpaired) electrons. The van der Waals surface area contributed by atoms with Crippen molar-refractivity contribution < 1.29 is 9.53 Å². The minimum Gasteiger partial charge on any atom is -0.381 e. The molecule has 2 unspecified atom stereocenters. The molecule has 1 saturated heterocycles. The quantitative estimate of drug-likeness (QED) is 0.780. The lowest BCUT2D eigenvalue weighted by molar-refractivity contribution is -0.133. The van der Waals surface area contributed by atoms with E-state index < -0.39 is 5.54 Å². The summed E-state index contributed by atoms with van der Waals surface area (Å²) in [5, 5.41) is 0. The Kier molecular flexibility index (Phi) is 3.65. The number of carbonyl (C=O) groups excluding carboxylic acids is 1. The molecule has 2 rings (SSSR count). The van der Waals surface area contributed by atoms with Crippen molar-refractivity contribution in [3.8, 4) is 0 Å². The fourth-order valence-electron chi connectivity index (χ4n) is 3.06. The van der Waals surface area contributed by atoms with Crippen LogP contribution >= 0.6 is 0 Å². The minimum absolute atomic E-state index is 0.215. The molecule has 0 aromatic heterocycles. The average molecular weight is 225 g/mol. The van der Waals surface area contributed by atoms with Crippen molar-refractivity contribution in [3.63, 3.8) is 0 Å². The Hall–Kier alpha value is -0.410. The van der Waals surface area contributed by atoms with Crippen LogP contribution in [0.5, 0.6) is 0 Å². The van der Waals surface area contributed by atoms with Gasteiger partial charge in [0.25, 0.3) is 0 Å². The number of hydrogen-bond acceptors (Lipinski definition) is 3. The first kappa shape index (κ1) is 12.1. The van der Waals surface area contributed by atoms with Crippen molar-refractivity contribution >= 4 is 5.78 Å². The van der Waals surface area contributed by atoms with Gasteiger partial charge in [0.05, 0.1) is 5.54 Å². The predicted octanol–water partition coefficient (Wildman–Crippen LogP) is 1.89. The van der Waals surface area contributed by atoms with E-state index in [-0.39, 0.29) is 5.92 Å². The fourth-order valence-corrected chi connectivity index (χ4v) is 3.06. The van der Waals surface area contributed by atoms with E-state index in [1.807, 2.05) is 0 Å². The van der Waals surface area contributed by atoms with Gasteiger partial charge in [-0.15, -0.1) is 0 Å². The van der Waals surface area contributed by atoms with Crippen molar-refractivity contribution in [1.29, 1.82) is 0 Å². The second-order valence-corrected chi connectivity index (χ2v) is 5.60. The highest BCUT2D eigenvalue weighted by atomic mass is 16.5. The van der Waals surface area contributed by atoms with Crippen LogP contribution in [0.15, 0.2) is 0 Å². The number of ketones is 1. The lowest BCUT2D eigenvalue weighted by atomic mass is 9.73. The Morgan fingerprint density at radius 3 is 2.62 bits per heavy atom. The van der Waals surface area contributed by atoms with Crippen LogP contribution in [0.25, 0.3) is 0 Å². The van der Waals surface area contributed by atoms with Crippen LogP contribution < -0.4 is 5.73 Å². The Morgan fingerprint density at radius 2 is 2.00 bits per heavy atom. The molecule has 0 aromatic carbocycles. The van der Waals surface area contributed by atoms with Gasteiger partial charge in [0.2, 0.25) is 0 Å². The third kappa shape index (κ3) is 2.46. The highest BCUT2D eigenvalue weighted by Gasteiger charge is 2.40. The molecular formula is C13H23NO2. The topological polar surface area (TPSA) is 52.3 Å². The van der Waals surface area contributed by atoms with Gasteiger partial charge in [-0.3, -0.25) is 4.79 Å². The Balaban J connectivity index is 1.99. The van der Waals surface area contributed by atoms with E-state index in [1.165, 1.54) is 12.8 Å². The molecule has 1 aliphatic carbocycles. The summed E-state index contributed by atoms with van der Waals surface area (Å²) in [6, 6.07) is 0. The summed E-state index contributed by atoms with van der Waals surface area (Å²) in [5.41, 5.74) is 5.67. The first-order valence-corrected chi connectivity index (χ1v) is 6.53. The van der Waals surface area contributed by atoms with Crippen LogP contribution in [0.4, 0.5) is 0 Å². The molecule has 16 heavy (non-hydrogen) atoms. The van der Waals surface area contributed by atoms with Crippen LogP contribution in [-0.4, -0.2) is 24.5 Å². The van der Waals surface area contributed by atoms with Gasteiger partial charge in [-0.25, -0.2) is 0 Å². The van der Waals surface area contributed by atoms with E-state index in [0.717, 1.165) is 12.8 Å². The highest BCUT2D eigenvalue weighted by Crippen LogP contribution is 2.33. The predicted molar refractivity (Wildman–Crippen MR) is 63.1 cm³/mol. The Labute approximate surface area is 97.7 Å². The first-order valence-electron chi connectivity index (χ1n) is 6.53. The summed E-state index contributed by atoms with van der Waals surface area (Å²) in [6.45, 7) is 3.53. The number of Topliss-reactive ketones (excluding diaryl/α,β-unsaturated/α-hetero) is 1. The highest BCUT2D eigenvalue weighted by molar-refractivity contribution is 5.90. The molecular weight excluding hydrogens is 202 g/mol. The summed E-state index contributed by atoms with van der Waals surface area (Å²) < 4.78 is 5.29. The lowest BCUT2D eigenvalue weighted by Gasteiger charge is -2.37. The Morgan fingerprint density at radius 1 is 1.31 bits per heavy atom. The summed E-state index contributed by atoms with van der Waals surface area (Å²) in [4.78, 5) is 12.4. The molecule has 1 saturated carbocycles. The molecule has 3 heteroatoms. The van der Waals surface area contributed by atoms with Crippen LogP contribution in [0.3, 0.4) is 0 Å². The summed E-state index contributed by atoms with van der Waals surface area (Å²) in [6.07, 6.45) is 5.95. The molecule has 3 nitrogen and oxygen atoms in total. The van der Waals surface area contributed by atoms with E-state index in [1.54, 1.807) is 0 Å². The number of hydrogen-bond donors (Lipinski definition) is 1. The largest absolute Gasteiger partial charge is 0.381 e. The second kappa shape index (κ2) is 4.84. The molecule has 2 N–H and O–H groups in total. The van der Waals surface area contributed by atoms with Crippen molar-refractivity contribution in [1.82, 2.24) is 0 Å². The van der Waals surface area contributed by atoms with Gasteiger partial charge in [0.1, 0.15) is 0 Å². The van der Waals surface area contributed by atoms with Gasteiger partial charge in [0.15, 0.2) is 5.78 Å². The van der Waals surface area contributed by atoms with Crippen LogP contribution in [-0.2, 0) is 9.53 Å². The molecule has 2 fully saturated rings. The average Bonchev–Trinajstić information content (AvgIpc) is 2.29. The normalized spacial score (nSPS) is 34.6. The van der Waals surface area contributed by atoms with Crippen LogP contribution in [0.1, 0.15) is 45.4 Å². The number of ether oxygens (including phenoxy) is 1. The molecule has 92 valence electrons. The molecule has 0 spiro atoms. The molecule has 0 bridgehead atoms. The van der Waals surface area contributed by atoms with Crippen molar-refractivity contribution in [2.45, 2.75) is 51.0 Å². The van der Waals surface area contributed by atoms with Crippen molar-refractivity contribution in [2.75, 3.05) is 13.2 Å². The summed E-state index contributed by atoms with van der Waals surface area (Å²) >= 11 is 0. The van der Waals surface area contributed by atoms with E-state index in [9.17, 15) is 4.79 Å². The zero-order chi connectivity index (χ0) is 11.6. The molecule has 0 amide bonds. The maximum absolute atomic E-state index is 12.4. The van der Waals surface area contributed by atoms with E-state index in [0.29, 0.717) is 37.8 Å². The van der Waals surface area contributed by atoms with Gasteiger partial charge < -0.3 is 10.5 Å². The SMILES string of the molecule is CC1CCCC(C(=O)C2(N)CCOCC2)C1. The van der Waals surface area contributed by atoms with E-state index in [4.69, 9.17) is 10.5 Å². The van der Waals surface area contributed by atoms with Crippen LogP contribution in [0.2, 0.25) is 0 Å². The van der Waals surface area contributed by atoms with Gasteiger partial charge in [-0.05, 0) is 31.6 Å². The number of rotatable bonds is 2. The second-order valence-electron chi connectivity index (χ2n) is 5.60. The monoisotopic (exact) mass is 225 g/mol. The van der Waals surface area contributed by atoms with E-state index in [2.05, 4.69) is 6.92 Å². The fraction of sp³-hybridized carbons (Fsp3) is 0.923. The minimum atomic E-state index is -0.583. The standard InChI is InChI=1S/C13H23NO2/c1-10-3-2-4-11(9-10)12(15)13(14)5-7-16-8-6-13/h10-11H,2-9,14H2,1H3. The molecule has 1 aliphatic heterocycles. The van der Waals surface area contributed by atoms with Gasteiger partial charge in [-0.2, -0.15) is 0 Å². The van der Waals surface area contributed by atoms with E-state index >= 15 is 0 Å². The van der Waals surface area contributed by atoms with Crippen LogP contribution in [0, 0.1) is 11.8 Å². The zero-order valence-electron chi connectivity index (χ0n) is 10.2. The first-order chi connectivity index (χ1) is 7.62. The summed E-state index contributed by atoms with van der Waals surface area (Å²) in [5.74, 6) is 1.21. The van der Waals surface area contributed by atoms with Gasteiger partial charge in [-0.1, -0.05) is 19.8 Å². The zero-order valence-corrected chi connectivity index (χ0v) is 10.2. The number of carbonyl (C=O) groups is 1. The van der Waals surface area contributed by atoms with Gasteiger partial charge in [0, 0.05) is 19.1 Å². The Bertz CT molecular complexity index is 259. The maximum Gasteiger partial charge on any atom is 0.155 e. The maximum atomic E-state index is 12.4. The molecule has 2 aliphatic rings. The van der Waals surface area contributed by atoms with Crippen molar-refractivity contribution in [2.24, 2.45) is 17.6 Å². The van der Waals surface area contributed by atoms with Gasteiger partial charge >= 0.3 is 0 Å². The number of nitrogens with two attached hydrogens (primary N) is 1. The third-order valence-corrected chi connectivity index (χ3v) is 4.18.